The number of ether oxygens (including phenoxy) is 2. The van der Waals surface area contributed by atoms with Crippen LogP contribution in [0.2, 0.25) is 0 Å². The molecule has 0 aromatic heterocycles. The fourth-order valence-electron chi connectivity index (χ4n) is 1.12. The van der Waals surface area contributed by atoms with E-state index in [9.17, 15) is 4.79 Å². The third-order valence-electron chi connectivity index (χ3n) is 1.70. The molecule has 14 heavy (non-hydrogen) atoms. The van der Waals surface area contributed by atoms with Crippen molar-refractivity contribution in [1.82, 2.24) is 5.32 Å². The number of hydrogen-bond donors (Lipinski definition) is 1. The Bertz CT molecular complexity index is 144. The summed E-state index contributed by atoms with van der Waals surface area (Å²) in [6, 6.07) is 0. The molecule has 0 aliphatic rings. The van der Waals surface area contributed by atoms with E-state index in [2.05, 4.69) is 5.32 Å². The minimum atomic E-state index is -0.126. The second-order valence-electron chi connectivity index (χ2n) is 2.97. The zero-order valence-electron chi connectivity index (χ0n) is 9.34. The summed E-state index contributed by atoms with van der Waals surface area (Å²) < 4.78 is 10.7. The lowest BCUT2D eigenvalue weighted by Gasteiger charge is -2.16. The van der Waals surface area contributed by atoms with Crippen molar-refractivity contribution in [2.75, 3.05) is 19.8 Å². The average Bonchev–Trinajstić information content (AvgIpc) is 2.12. The molecular formula is C10H21NO3. The summed E-state index contributed by atoms with van der Waals surface area (Å²) in [6.07, 6.45) is 1.57. The average molecular weight is 203 g/mol. The lowest BCUT2D eigenvalue weighted by molar-refractivity contribution is -0.140. The maximum Gasteiger partial charge on any atom is 0.216 e. The van der Waals surface area contributed by atoms with Gasteiger partial charge in [-0.15, -0.1) is 0 Å². The van der Waals surface area contributed by atoms with Gasteiger partial charge >= 0.3 is 0 Å². The molecule has 0 aromatic rings. The lowest BCUT2D eigenvalue weighted by Crippen LogP contribution is -2.24. The van der Waals surface area contributed by atoms with E-state index in [0.29, 0.717) is 19.8 Å². The first-order valence-electron chi connectivity index (χ1n) is 5.18. The largest absolute Gasteiger partial charge is 0.356 e. The van der Waals surface area contributed by atoms with Crippen LogP contribution in [0.1, 0.15) is 33.6 Å². The Labute approximate surface area is 86.0 Å². The summed E-state index contributed by atoms with van der Waals surface area (Å²) >= 11 is 0. The number of carbonyl (C=O) groups is 1. The van der Waals surface area contributed by atoms with Gasteiger partial charge in [-0.05, 0) is 20.3 Å². The number of rotatable bonds is 8. The Hall–Kier alpha value is -0.610. The summed E-state index contributed by atoms with van der Waals surface area (Å²) in [4.78, 5) is 10.6. The van der Waals surface area contributed by atoms with Gasteiger partial charge in [-0.25, -0.2) is 0 Å². The molecule has 84 valence electrons. The quantitative estimate of drug-likeness (QED) is 0.478. The molecule has 0 rings (SSSR count). The zero-order chi connectivity index (χ0) is 10.8. The van der Waals surface area contributed by atoms with Gasteiger partial charge in [-0.3, -0.25) is 4.79 Å². The molecular weight excluding hydrogens is 182 g/mol. The Balaban J connectivity index is 3.44. The van der Waals surface area contributed by atoms with E-state index in [4.69, 9.17) is 9.47 Å². The molecule has 0 radical (unpaired) electrons. The Kier molecular flexibility index (Phi) is 8.57. The van der Waals surface area contributed by atoms with Crippen LogP contribution in [0.4, 0.5) is 0 Å². The van der Waals surface area contributed by atoms with E-state index in [1.807, 2.05) is 13.8 Å². The van der Waals surface area contributed by atoms with E-state index < -0.39 is 0 Å². The first-order chi connectivity index (χ1) is 6.70. The second-order valence-corrected chi connectivity index (χ2v) is 2.97. The molecule has 1 N–H and O–H groups in total. The van der Waals surface area contributed by atoms with Crippen molar-refractivity contribution in [3.63, 3.8) is 0 Å². The summed E-state index contributed by atoms with van der Waals surface area (Å²) in [5.41, 5.74) is 0. The van der Waals surface area contributed by atoms with Crippen LogP contribution in [0.25, 0.3) is 0 Å². The Morgan fingerprint density at radius 2 is 1.86 bits per heavy atom. The predicted molar refractivity (Wildman–Crippen MR) is 55.0 cm³/mol. The molecule has 4 heteroatoms. The summed E-state index contributed by atoms with van der Waals surface area (Å²) in [6.45, 7) is 7.41. The standard InChI is InChI=1S/C10H21NO3/c1-4-13-10(14-5-2)7-6-8-11-9(3)12/h10H,4-8H2,1-3H3,(H,11,12). The molecule has 0 aliphatic heterocycles. The van der Waals surface area contributed by atoms with Gasteiger partial charge in [0.25, 0.3) is 0 Å². The highest BCUT2D eigenvalue weighted by molar-refractivity contribution is 5.72. The predicted octanol–water partition coefficient (Wildman–Crippen LogP) is 1.30. The lowest BCUT2D eigenvalue weighted by atomic mass is 10.3. The SMILES string of the molecule is CCOC(CCCNC(C)=O)OCC. The van der Waals surface area contributed by atoms with Crippen LogP contribution in [0.5, 0.6) is 0 Å². The van der Waals surface area contributed by atoms with Gasteiger partial charge < -0.3 is 14.8 Å². The monoisotopic (exact) mass is 203 g/mol. The van der Waals surface area contributed by atoms with Crippen molar-refractivity contribution >= 4 is 5.91 Å². The van der Waals surface area contributed by atoms with E-state index in [0.717, 1.165) is 12.8 Å². The van der Waals surface area contributed by atoms with Gasteiger partial charge in [0.1, 0.15) is 0 Å². The highest BCUT2D eigenvalue weighted by Gasteiger charge is 2.06. The van der Waals surface area contributed by atoms with Gasteiger partial charge in [0, 0.05) is 33.1 Å². The van der Waals surface area contributed by atoms with Crippen LogP contribution in [-0.2, 0) is 14.3 Å². The third-order valence-corrected chi connectivity index (χ3v) is 1.70. The first kappa shape index (κ1) is 13.4. The smallest absolute Gasteiger partial charge is 0.216 e. The van der Waals surface area contributed by atoms with Crippen molar-refractivity contribution in [2.24, 2.45) is 0 Å². The van der Waals surface area contributed by atoms with Crippen LogP contribution in [0, 0.1) is 0 Å². The van der Waals surface area contributed by atoms with Crippen LogP contribution in [0.15, 0.2) is 0 Å². The molecule has 4 nitrogen and oxygen atoms in total. The van der Waals surface area contributed by atoms with Crippen molar-refractivity contribution in [2.45, 2.75) is 39.9 Å². The fourth-order valence-corrected chi connectivity index (χ4v) is 1.12. The highest BCUT2D eigenvalue weighted by atomic mass is 16.7. The van der Waals surface area contributed by atoms with E-state index >= 15 is 0 Å². The van der Waals surface area contributed by atoms with Crippen molar-refractivity contribution in [3.05, 3.63) is 0 Å². The van der Waals surface area contributed by atoms with E-state index in [-0.39, 0.29) is 12.2 Å². The first-order valence-corrected chi connectivity index (χ1v) is 5.18. The normalized spacial score (nSPS) is 10.6. The topological polar surface area (TPSA) is 47.6 Å². The van der Waals surface area contributed by atoms with Gasteiger partial charge in [0.2, 0.25) is 5.91 Å². The summed E-state index contributed by atoms with van der Waals surface area (Å²) in [7, 11) is 0. The van der Waals surface area contributed by atoms with Crippen molar-refractivity contribution in [1.29, 1.82) is 0 Å². The second kappa shape index (κ2) is 8.97. The molecule has 0 heterocycles. The van der Waals surface area contributed by atoms with Gasteiger partial charge in [-0.2, -0.15) is 0 Å². The van der Waals surface area contributed by atoms with Gasteiger partial charge in [0.15, 0.2) is 6.29 Å². The van der Waals surface area contributed by atoms with Gasteiger partial charge in [-0.1, -0.05) is 0 Å². The molecule has 0 saturated carbocycles. The molecule has 0 aromatic carbocycles. The number of nitrogens with one attached hydrogen (secondary N) is 1. The molecule has 0 atom stereocenters. The van der Waals surface area contributed by atoms with Crippen LogP contribution < -0.4 is 5.32 Å². The Morgan fingerprint density at radius 1 is 1.29 bits per heavy atom. The molecule has 0 bridgehead atoms. The van der Waals surface area contributed by atoms with Crippen LogP contribution >= 0.6 is 0 Å². The Morgan fingerprint density at radius 3 is 2.29 bits per heavy atom. The molecule has 1 amide bonds. The minimum Gasteiger partial charge on any atom is -0.356 e. The van der Waals surface area contributed by atoms with Crippen LogP contribution in [-0.4, -0.2) is 32.0 Å². The van der Waals surface area contributed by atoms with E-state index in [1.165, 1.54) is 6.92 Å². The molecule has 0 aliphatic carbocycles. The fraction of sp³-hybridized carbons (Fsp3) is 0.900. The summed E-state index contributed by atoms with van der Waals surface area (Å²) in [5.74, 6) is 0.00868. The molecule has 0 saturated heterocycles. The van der Waals surface area contributed by atoms with Gasteiger partial charge in [0.05, 0.1) is 0 Å². The molecule has 0 fully saturated rings. The summed E-state index contributed by atoms with van der Waals surface area (Å²) in [5, 5.41) is 2.74. The molecule has 0 unspecified atom stereocenters. The highest BCUT2D eigenvalue weighted by Crippen LogP contribution is 2.03. The maximum absolute atomic E-state index is 10.6. The number of hydrogen-bond acceptors (Lipinski definition) is 3. The van der Waals surface area contributed by atoms with Crippen molar-refractivity contribution in [3.8, 4) is 0 Å². The number of carbonyl (C=O) groups excluding carboxylic acids is 1. The van der Waals surface area contributed by atoms with Crippen molar-refractivity contribution < 1.29 is 14.3 Å². The molecule has 0 spiro atoms. The van der Waals surface area contributed by atoms with Crippen LogP contribution in [0.3, 0.4) is 0 Å². The zero-order valence-corrected chi connectivity index (χ0v) is 9.34. The number of amides is 1. The minimum absolute atomic E-state index is 0.00868. The third kappa shape index (κ3) is 8.01. The maximum atomic E-state index is 10.6. The van der Waals surface area contributed by atoms with E-state index in [1.54, 1.807) is 0 Å².